The van der Waals surface area contributed by atoms with Crippen LogP contribution in [0.25, 0.3) is 28.6 Å². The maximum absolute atomic E-state index is 14.7. The van der Waals surface area contributed by atoms with Crippen LogP contribution in [0.1, 0.15) is 71.7 Å². The van der Waals surface area contributed by atoms with Crippen LogP contribution in [-0.2, 0) is 25.6 Å². The van der Waals surface area contributed by atoms with Crippen LogP contribution in [0.5, 0.6) is 11.5 Å². The topological polar surface area (TPSA) is 283 Å². The number of nitrogens with one attached hydrogen (secondary N) is 4. The number of amides is 5. The zero-order valence-electron chi connectivity index (χ0n) is 38.2. The molecule has 0 saturated carbocycles. The first-order valence-electron chi connectivity index (χ1n) is 21.7. The van der Waals surface area contributed by atoms with Crippen LogP contribution in [0.2, 0.25) is 0 Å². The van der Waals surface area contributed by atoms with Gasteiger partial charge in [-0.25, -0.2) is 9.97 Å². The number of rotatable bonds is 16. The largest absolute Gasteiger partial charge is 0.492 e. The summed E-state index contributed by atoms with van der Waals surface area (Å²) < 4.78 is 12.2. The third kappa shape index (κ3) is 12.3. The van der Waals surface area contributed by atoms with Crippen LogP contribution < -0.4 is 47.9 Å². The summed E-state index contributed by atoms with van der Waals surface area (Å²) in [5.41, 5.74) is 23.5. The summed E-state index contributed by atoms with van der Waals surface area (Å²) in [5, 5.41) is 19.9. The molecule has 0 aliphatic carbocycles. The fourth-order valence-corrected chi connectivity index (χ4v) is 7.60. The number of carbonyl (C=O) groups is 5. The second kappa shape index (κ2) is 23.1. The van der Waals surface area contributed by atoms with Crippen molar-refractivity contribution in [3.63, 3.8) is 0 Å². The number of nitrogens with zero attached hydrogens (tertiary/aromatic N) is 4. The van der Waals surface area contributed by atoms with Crippen LogP contribution in [0.3, 0.4) is 0 Å². The molecular weight excluding hydrogens is 843 g/mol. The van der Waals surface area contributed by atoms with E-state index in [9.17, 15) is 24.0 Å². The van der Waals surface area contributed by atoms with E-state index in [1.165, 1.54) is 18.9 Å². The second-order valence-corrected chi connectivity index (χ2v) is 16.1. The van der Waals surface area contributed by atoms with E-state index < -0.39 is 53.7 Å². The molecular formula is C48H59N11O7. The molecule has 1 aliphatic heterocycles. The van der Waals surface area contributed by atoms with Gasteiger partial charge in [0.2, 0.25) is 23.6 Å². The molecule has 1 unspecified atom stereocenters. The van der Waals surface area contributed by atoms with Crippen molar-refractivity contribution in [1.29, 1.82) is 5.26 Å². The van der Waals surface area contributed by atoms with Crippen LogP contribution in [0.15, 0.2) is 66.2 Å². The van der Waals surface area contributed by atoms with Gasteiger partial charge in [-0.15, -0.1) is 0 Å². The number of likely N-dealkylation sites (N-methyl/N-ethyl adjacent to an activating group) is 1. The van der Waals surface area contributed by atoms with Gasteiger partial charge < -0.3 is 52.8 Å². The maximum Gasteiger partial charge on any atom is 0.255 e. The fraction of sp³-hybridized carbons (Fsp3) is 0.375. The minimum absolute atomic E-state index is 0.000627. The van der Waals surface area contributed by atoms with Crippen LogP contribution in [-0.4, -0.2) is 109 Å². The van der Waals surface area contributed by atoms with Gasteiger partial charge >= 0.3 is 0 Å². The molecule has 66 heavy (non-hydrogen) atoms. The highest BCUT2D eigenvalue weighted by Gasteiger charge is 2.36. The third-order valence-corrected chi connectivity index (χ3v) is 10.7. The molecule has 18 heteroatoms. The van der Waals surface area contributed by atoms with E-state index in [1.54, 1.807) is 50.2 Å². The van der Waals surface area contributed by atoms with Crippen molar-refractivity contribution in [3.05, 3.63) is 99.9 Å². The van der Waals surface area contributed by atoms with E-state index in [2.05, 4.69) is 37.3 Å². The van der Waals surface area contributed by atoms with Crippen molar-refractivity contribution in [2.24, 2.45) is 17.2 Å². The van der Waals surface area contributed by atoms with Crippen LogP contribution in [0, 0.1) is 25.2 Å². The van der Waals surface area contributed by atoms with Gasteiger partial charge in [-0.2, -0.15) is 5.26 Å². The van der Waals surface area contributed by atoms with Gasteiger partial charge in [0.1, 0.15) is 55.4 Å². The molecule has 348 valence electrons. The first kappa shape index (κ1) is 49.8. The number of allylic oxidation sites excluding steroid dienone is 1. The van der Waals surface area contributed by atoms with Gasteiger partial charge in [0.15, 0.2) is 5.82 Å². The molecule has 5 amide bonds. The lowest BCUT2D eigenvalue weighted by Gasteiger charge is -2.32. The number of benzene rings is 3. The molecule has 0 saturated heterocycles. The number of nitriles is 1. The molecule has 4 atom stereocenters. The Bertz CT molecular complexity index is 2480. The van der Waals surface area contributed by atoms with Gasteiger partial charge in [-0.05, 0) is 88.5 Å². The second-order valence-electron chi connectivity index (χ2n) is 16.1. The number of fused-ring (bicyclic) bond motifs is 5. The maximum atomic E-state index is 14.7. The third-order valence-electron chi connectivity index (χ3n) is 10.7. The number of hydrogen-bond donors (Lipinski definition) is 7. The molecule has 3 aromatic carbocycles. The molecule has 4 bridgehead atoms. The number of nitrogens with two attached hydrogens (primary N) is 3. The molecule has 0 radical (unpaired) electrons. The van der Waals surface area contributed by atoms with E-state index >= 15 is 0 Å². The molecule has 2 heterocycles. The number of carbonyl (C=O) groups excluding carboxylic acids is 5. The number of aryl methyl sites for hydroxylation is 2. The van der Waals surface area contributed by atoms with E-state index in [0.717, 1.165) is 16.7 Å². The first-order valence-corrected chi connectivity index (χ1v) is 21.7. The number of aromatic nitrogens is 2. The van der Waals surface area contributed by atoms with Gasteiger partial charge in [0.05, 0.1) is 23.0 Å². The summed E-state index contributed by atoms with van der Waals surface area (Å²) in [6.07, 6.45) is 2.05. The SMILES string of the molecule is CC(C)=Cc1ccc(-c2nc(C)c(C(=O)NC(CCN)C(=O)N(C)[C@@H]3C(=O)N[C@@H](C)C(=O)N[C@H](C(=O)NCC#N)Cc4ccc(OCCN)c(c4)-c4cc3ccc4OCCN)c(C)n2)cc1. The predicted molar refractivity (Wildman–Crippen MR) is 250 cm³/mol. The highest BCUT2D eigenvalue weighted by atomic mass is 16.5. The molecule has 1 aromatic heterocycles. The summed E-state index contributed by atoms with van der Waals surface area (Å²) in [6, 6.07) is 14.8. The normalized spacial score (nSPS) is 16.3. The van der Waals surface area contributed by atoms with Gasteiger partial charge in [0.25, 0.3) is 5.91 Å². The van der Waals surface area contributed by atoms with Crippen LogP contribution >= 0.6 is 0 Å². The van der Waals surface area contributed by atoms with Gasteiger partial charge in [-0.1, -0.05) is 48.0 Å². The molecule has 0 spiro atoms. The Kier molecular flexibility index (Phi) is 17.5. The average molecular weight is 902 g/mol. The van der Waals surface area contributed by atoms with Crippen molar-refractivity contribution >= 4 is 35.6 Å². The Hall–Kier alpha value is -7.20. The highest BCUT2D eigenvalue weighted by molar-refractivity contribution is 6.00. The zero-order chi connectivity index (χ0) is 48.1. The van der Waals surface area contributed by atoms with Crippen molar-refractivity contribution < 1.29 is 33.4 Å². The minimum Gasteiger partial charge on any atom is -0.492 e. The predicted octanol–water partition coefficient (Wildman–Crippen LogP) is 2.36. The minimum atomic E-state index is -1.41. The molecule has 10 N–H and O–H groups in total. The lowest BCUT2D eigenvalue weighted by Crippen LogP contribution is -2.56. The summed E-state index contributed by atoms with van der Waals surface area (Å²) in [4.78, 5) is 81.0. The van der Waals surface area contributed by atoms with Gasteiger partial charge in [0, 0.05) is 43.2 Å². The van der Waals surface area contributed by atoms with Crippen molar-refractivity contribution in [2.75, 3.05) is 46.4 Å². The first-order chi connectivity index (χ1) is 31.6. The standard InChI is InChI=1S/C48H59N11O7/c1-27(2)23-31-7-10-33(11-8-31)43-54-28(3)41(29(4)55-43)46(62)57-37(15-16-49)48(64)59(6)42-34-12-14-40(66-22-19-52)36(26-34)35-24-32(9-13-39(35)65-21-18-51)25-38(45(61)53-20-17-50)58-44(60)30(5)56-47(42)63/h7-14,23-24,26,30,37-38,42H,15-16,18-22,25,49,51-52H2,1-6H3,(H,53,61)(H,56,63)(H,57,62)(H,58,60)/t30-,37?,38-,42-/m0/s1. The quantitative estimate of drug-likeness (QED) is 0.0797. The smallest absolute Gasteiger partial charge is 0.255 e. The van der Waals surface area contributed by atoms with Crippen molar-refractivity contribution in [3.8, 4) is 40.1 Å². The highest BCUT2D eigenvalue weighted by Crippen LogP contribution is 2.40. The summed E-state index contributed by atoms with van der Waals surface area (Å²) in [6.45, 7) is 9.21. The van der Waals surface area contributed by atoms with E-state index in [0.29, 0.717) is 51.0 Å². The van der Waals surface area contributed by atoms with Crippen LogP contribution in [0.4, 0.5) is 0 Å². The molecule has 18 nitrogen and oxygen atoms in total. The molecule has 5 rings (SSSR count). The Labute approximate surface area is 384 Å². The zero-order valence-corrected chi connectivity index (χ0v) is 38.2. The lowest BCUT2D eigenvalue weighted by atomic mass is 9.93. The summed E-state index contributed by atoms with van der Waals surface area (Å²) in [5.74, 6) is -2.15. The van der Waals surface area contributed by atoms with Crippen molar-refractivity contribution in [1.82, 2.24) is 36.1 Å². The number of hydrogen-bond acceptors (Lipinski definition) is 13. The lowest BCUT2D eigenvalue weighted by molar-refractivity contribution is -0.141. The molecule has 0 fully saturated rings. The van der Waals surface area contributed by atoms with E-state index in [-0.39, 0.29) is 57.8 Å². The average Bonchev–Trinajstić information content (AvgIpc) is 3.28. The summed E-state index contributed by atoms with van der Waals surface area (Å²) >= 11 is 0. The summed E-state index contributed by atoms with van der Waals surface area (Å²) in [7, 11) is 1.41. The fourth-order valence-electron chi connectivity index (χ4n) is 7.60. The number of ether oxygens (including phenoxy) is 2. The van der Waals surface area contributed by atoms with E-state index in [4.69, 9.17) is 31.9 Å². The van der Waals surface area contributed by atoms with Gasteiger partial charge in [-0.3, -0.25) is 24.0 Å². The molecule has 1 aliphatic rings. The Morgan fingerprint density at radius 1 is 0.894 bits per heavy atom. The monoisotopic (exact) mass is 901 g/mol. The Morgan fingerprint density at radius 3 is 2.11 bits per heavy atom. The van der Waals surface area contributed by atoms with Crippen molar-refractivity contribution in [2.45, 2.75) is 71.6 Å². The van der Waals surface area contributed by atoms with E-state index in [1.807, 2.05) is 44.2 Å². The molecule has 4 aromatic rings. The Morgan fingerprint density at radius 2 is 1.52 bits per heavy atom. The Balaban J connectivity index is 1.57.